The van der Waals surface area contributed by atoms with E-state index in [9.17, 15) is 12.8 Å². The lowest BCUT2D eigenvalue weighted by Gasteiger charge is -2.21. The number of nitrogens with one attached hydrogen (secondary N) is 1. The molecule has 1 aromatic carbocycles. The van der Waals surface area contributed by atoms with Crippen molar-refractivity contribution in [3.63, 3.8) is 0 Å². The summed E-state index contributed by atoms with van der Waals surface area (Å²) in [6, 6.07) is 4.50. The number of likely N-dealkylation sites (tertiary alicyclic amines) is 1. The van der Waals surface area contributed by atoms with Crippen LogP contribution in [0.3, 0.4) is 0 Å². The SMILES string of the molecule is CC(C)N1CCC(Nc2cc(S(C)(=O)=O)ccc2F)C1. The summed E-state index contributed by atoms with van der Waals surface area (Å²) in [5.41, 5.74) is 0.267. The first-order valence-electron chi connectivity index (χ1n) is 6.77. The average Bonchev–Trinajstić information content (AvgIpc) is 2.79. The van der Waals surface area contributed by atoms with Crippen LogP contribution in [0.5, 0.6) is 0 Å². The van der Waals surface area contributed by atoms with Crippen LogP contribution in [-0.2, 0) is 9.84 Å². The molecule has 6 heteroatoms. The van der Waals surface area contributed by atoms with Crippen molar-refractivity contribution in [2.24, 2.45) is 0 Å². The first-order valence-corrected chi connectivity index (χ1v) is 8.66. The predicted octanol–water partition coefficient (Wildman–Crippen LogP) is 2.12. The van der Waals surface area contributed by atoms with Gasteiger partial charge in [-0.3, -0.25) is 4.90 Å². The molecule has 2 rings (SSSR count). The van der Waals surface area contributed by atoms with Gasteiger partial charge in [0, 0.05) is 31.4 Å². The third kappa shape index (κ3) is 3.49. The number of anilines is 1. The molecule has 0 amide bonds. The van der Waals surface area contributed by atoms with Crippen molar-refractivity contribution in [1.29, 1.82) is 0 Å². The Hall–Kier alpha value is -1.14. The van der Waals surface area contributed by atoms with E-state index in [0.29, 0.717) is 6.04 Å². The van der Waals surface area contributed by atoms with Crippen molar-refractivity contribution >= 4 is 15.5 Å². The number of rotatable bonds is 4. The fourth-order valence-corrected chi connectivity index (χ4v) is 3.09. The first-order chi connectivity index (χ1) is 9.27. The summed E-state index contributed by atoms with van der Waals surface area (Å²) in [6.07, 6.45) is 2.06. The Morgan fingerprint density at radius 3 is 2.65 bits per heavy atom. The Kier molecular flexibility index (Phi) is 4.34. The number of halogens is 1. The molecule has 4 nitrogen and oxygen atoms in total. The van der Waals surface area contributed by atoms with Gasteiger partial charge < -0.3 is 5.32 Å². The minimum atomic E-state index is -3.32. The molecule has 0 radical (unpaired) electrons. The lowest BCUT2D eigenvalue weighted by atomic mass is 10.2. The molecule has 1 heterocycles. The van der Waals surface area contributed by atoms with Crippen molar-refractivity contribution in [2.75, 3.05) is 24.7 Å². The number of benzene rings is 1. The van der Waals surface area contributed by atoms with Crippen LogP contribution in [0, 0.1) is 5.82 Å². The molecule has 1 N–H and O–H groups in total. The van der Waals surface area contributed by atoms with Crippen LogP contribution in [0.2, 0.25) is 0 Å². The van der Waals surface area contributed by atoms with Crippen LogP contribution >= 0.6 is 0 Å². The maximum atomic E-state index is 13.8. The van der Waals surface area contributed by atoms with Gasteiger partial charge in [-0.2, -0.15) is 0 Å². The molecule has 1 aromatic rings. The molecule has 20 heavy (non-hydrogen) atoms. The maximum Gasteiger partial charge on any atom is 0.175 e. The second-order valence-electron chi connectivity index (χ2n) is 5.63. The Morgan fingerprint density at radius 2 is 2.10 bits per heavy atom. The average molecular weight is 300 g/mol. The predicted molar refractivity (Wildman–Crippen MR) is 78.2 cm³/mol. The molecule has 0 bridgehead atoms. The molecule has 1 unspecified atom stereocenters. The van der Waals surface area contributed by atoms with E-state index in [1.165, 1.54) is 18.2 Å². The fraction of sp³-hybridized carbons (Fsp3) is 0.571. The quantitative estimate of drug-likeness (QED) is 0.865. The van der Waals surface area contributed by atoms with Crippen molar-refractivity contribution in [1.82, 2.24) is 4.90 Å². The summed E-state index contributed by atoms with van der Waals surface area (Å²) >= 11 is 0. The van der Waals surface area contributed by atoms with E-state index >= 15 is 0 Å². The van der Waals surface area contributed by atoms with Crippen LogP contribution in [0.1, 0.15) is 20.3 Å². The van der Waals surface area contributed by atoms with Crippen molar-refractivity contribution in [3.05, 3.63) is 24.0 Å². The fourth-order valence-electron chi connectivity index (χ4n) is 2.44. The molecule has 112 valence electrons. The van der Waals surface area contributed by atoms with Crippen molar-refractivity contribution in [3.8, 4) is 0 Å². The van der Waals surface area contributed by atoms with Gasteiger partial charge in [0.2, 0.25) is 0 Å². The summed E-state index contributed by atoms with van der Waals surface area (Å²) in [5, 5.41) is 3.13. The zero-order valence-electron chi connectivity index (χ0n) is 12.1. The summed E-state index contributed by atoms with van der Waals surface area (Å²) in [4.78, 5) is 2.45. The third-order valence-electron chi connectivity index (χ3n) is 3.68. The molecule has 1 atom stereocenters. The summed E-state index contributed by atoms with van der Waals surface area (Å²) in [5.74, 6) is -0.416. The lowest BCUT2D eigenvalue weighted by molar-refractivity contribution is 0.274. The van der Waals surface area contributed by atoms with Crippen LogP contribution in [0.15, 0.2) is 23.1 Å². The Balaban J connectivity index is 2.14. The second-order valence-corrected chi connectivity index (χ2v) is 7.65. The lowest BCUT2D eigenvalue weighted by Crippen LogP contribution is -2.31. The summed E-state index contributed by atoms with van der Waals surface area (Å²) < 4.78 is 36.8. The van der Waals surface area contributed by atoms with Gasteiger partial charge in [0.1, 0.15) is 5.82 Å². The highest BCUT2D eigenvalue weighted by molar-refractivity contribution is 7.90. The van der Waals surface area contributed by atoms with Gasteiger partial charge in [-0.25, -0.2) is 12.8 Å². The molecular weight excluding hydrogens is 279 g/mol. The normalized spacial score (nSPS) is 20.6. The Labute approximate surface area is 119 Å². The van der Waals surface area contributed by atoms with Gasteiger partial charge in [0.25, 0.3) is 0 Å². The van der Waals surface area contributed by atoms with Gasteiger partial charge in [0.05, 0.1) is 10.6 Å². The van der Waals surface area contributed by atoms with E-state index in [-0.39, 0.29) is 16.6 Å². The van der Waals surface area contributed by atoms with Gasteiger partial charge in [-0.15, -0.1) is 0 Å². The summed E-state index contributed by atoms with van der Waals surface area (Å²) in [7, 11) is -3.32. The van der Waals surface area contributed by atoms with E-state index in [1.54, 1.807) is 0 Å². The Bertz CT molecular complexity index is 587. The molecular formula is C14H21FN2O2S. The number of sulfone groups is 1. The first kappa shape index (κ1) is 15.3. The second kappa shape index (κ2) is 5.69. The molecule has 1 aliphatic rings. The minimum Gasteiger partial charge on any atom is -0.379 e. The Morgan fingerprint density at radius 1 is 1.40 bits per heavy atom. The maximum absolute atomic E-state index is 13.8. The van der Waals surface area contributed by atoms with Crippen LogP contribution in [-0.4, -0.2) is 44.7 Å². The molecule has 1 aliphatic heterocycles. The molecule has 0 spiro atoms. The molecule has 0 aromatic heterocycles. The van der Waals surface area contributed by atoms with Gasteiger partial charge in [-0.05, 0) is 38.5 Å². The zero-order valence-corrected chi connectivity index (χ0v) is 12.9. The number of nitrogens with zero attached hydrogens (tertiary/aromatic N) is 1. The standard InChI is InChI=1S/C14H21FN2O2S/c1-10(2)17-7-6-11(9-17)16-14-8-12(20(3,18)19)4-5-13(14)15/h4-5,8,10-11,16H,6-7,9H2,1-3H3. The zero-order chi connectivity index (χ0) is 14.9. The highest BCUT2D eigenvalue weighted by atomic mass is 32.2. The number of hydrogen-bond acceptors (Lipinski definition) is 4. The summed E-state index contributed by atoms with van der Waals surface area (Å²) in [6.45, 7) is 6.09. The highest BCUT2D eigenvalue weighted by Crippen LogP contribution is 2.23. The van der Waals surface area contributed by atoms with E-state index in [0.717, 1.165) is 25.8 Å². The number of hydrogen-bond donors (Lipinski definition) is 1. The van der Waals surface area contributed by atoms with Crippen molar-refractivity contribution < 1.29 is 12.8 Å². The smallest absolute Gasteiger partial charge is 0.175 e. The third-order valence-corrected chi connectivity index (χ3v) is 4.79. The minimum absolute atomic E-state index is 0.139. The van der Waals surface area contributed by atoms with E-state index < -0.39 is 15.7 Å². The molecule has 0 aliphatic carbocycles. The monoisotopic (exact) mass is 300 g/mol. The molecule has 1 saturated heterocycles. The van der Waals surface area contributed by atoms with E-state index in [2.05, 4.69) is 24.1 Å². The van der Waals surface area contributed by atoms with Crippen LogP contribution in [0.25, 0.3) is 0 Å². The van der Waals surface area contributed by atoms with E-state index in [1.807, 2.05) is 0 Å². The molecule has 0 saturated carbocycles. The van der Waals surface area contributed by atoms with Gasteiger partial charge in [0.15, 0.2) is 9.84 Å². The molecule has 1 fully saturated rings. The topological polar surface area (TPSA) is 49.4 Å². The van der Waals surface area contributed by atoms with Crippen molar-refractivity contribution in [2.45, 2.75) is 37.2 Å². The van der Waals surface area contributed by atoms with Crippen LogP contribution < -0.4 is 5.32 Å². The van der Waals surface area contributed by atoms with Gasteiger partial charge in [-0.1, -0.05) is 0 Å². The largest absolute Gasteiger partial charge is 0.379 e. The van der Waals surface area contributed by atoms with E-state index in [4.69, 9.17) is 0 Å². The van der Waals surface area contributed by atoms with Gasteiger partial charge >= 0.3 is 0 Å². The van der Waals surface area contributed by atoms with Crippen LogP contribution in [0.4, 0.5) is 10.1 Å². The highest BCUT2D eigenvalue weighted by Gasteiger charge is 2.25.